The Morgan fingerprint density at radius 3 is 2.61 bits per heavy atom. The summed E-state index contributed by atoms with van der Waals surface area (Å²) in [7, 11) is 0. The number of H-pyrrole nitrogens is 1. The molecule has 0 fully saturated rings. The predicted octanol–water partition coefficient (Wildman–Crippen LogP) is 4.72. The van der Waals surface area contributed by atoms with Crippen LogP contribution in [0.1, 0.15) is 5.69 Å². The van der Waals surface area contributed by atoms with Crippen LogP contribution in [0.25, 0.3) is 39.0 Å². The Hall–Kier alpha value is -4.79. The molecular formula is C24H17N7O2. The molecule has 6 rings (SSSR count). The monoisotopic (exact) mass is 435 g/mol. The minimum absolute atomic E-state index is 0.0208. The number of nitro groups is 1. The number of aromatic amines is 1. The Kier molecular flexibility index (Phi) is 4.25. The van der Waals surface area contributed by atoms with Crippen molar-refractivity contribution in [3.05, 3.63) is 101 Å². The number of hydrogen-bond acceptors (Lipinski definition) is 5. The first-order chi connectivity index (χ1) is 16.2. The average molecular weight is 435 g/mol. The van der Waals surface area contributed by atoms with Gasteiger partial charge < -0.3 is 9.55 Å². The lowest BCUT2D eigenvalue weighted by Crippen LogP contribution is -2.00. The molecule has 0 aliphatic heterocycles. The molecule has 3 heterocycles. The summed E-state index contributed by atoms with van der Waals surface area (Å²) < 4.78 is 3.53. The zero-order valence-electron chi connectivity index (χ0n) is 17.3. The van der Waals surface area contributed by atoms with Crippen LogP contribution < -0.4 is 0 Å². The maximum Gasteiger partial charge on any atom is 0.294 e. The first-order valence-electron chi connectivity index (χ1n) is 10.4. The molecule has 0 amide bonds. The van der Waals surface area contributed by atoms with Gasteiger partial charge in [-0.15, -0.1) is 5.10 Å². The summed E-state index contributed by atoms with van der Waals surface area (Å²) in [6.07, 6.45) is 3.77. The van der Waals surface area contributed by atoms with Crippen molar-refractivity contribution in [2.45, 2.75) is 6.54 Å². The quantitative estimate of drug-likeness (QED) is 0.311. The Morgan fingerprint density at radius 1 is 0.939 bits per heavy atom. The summed E-state index contributed by atoms with van der Waals surface area (Å²) in [5.41, 5.74) is 4.97. The smallest absolute Gasteiger partial charge is 0.294 e. The van der Waals surface area contributed by atoms with E-state index in [0.29, 0.717) is 17.9 Å². The van der Waals surface area contributed by atoms with Crippen molar-refractivity contribution in [3.63, 3.8) is 0 Å². The predicted molar refractivity (Wildman–Crippen MR) is 124 cm³/mol. The zero-order chi connectivity index (χ0) is 22.4. The highest BCUT2D eigenvalue weighted by molar-refractivity contribution is 5.96. The van der Waals surface area contributed by atoms with Crippen LogP contribution in [-0.2, 0) is 6.54 Å². The molecule has 160 valence electrons. The van der Waals surface area contributed by atoms with Crippen molar-refractivity contribution in [1.82, 2.24) is 29.5 Å². The largest absolute Gasteiger partial charge is 0.341 e. The fraction of sp³-hybridized carbons (Fsp3) is 0.0417. The van der Waals surface area contributed by atoms with Crippen LogP contribution in [0.2, 0.25) is 0 Å². The Labute approximate surface area is 187 Å². The van der Waals surface area contributed by atoms with Crippen molar-refractivity contribution < 1.29 is 4.92 Å². The number of imidazole rings is 1. The first kappa shape index (κ1) is 18.9. The van der Waals surface area contributed by atoms with Crippen LogP contribution in [0.4, 0.5) is 5.69 Å². The maximum absolute atomic E-state index is 11.4. The summed E-state index contributed by atoms with van der Waals surface area (Å²) in [5, 5.41) is 20.8. The number of hydrogen-bond donors (Lipinski definition) is 1. The van der Waals surface area contributed by atoms with Crippen LogP contribution in [0, 0.1) is 10.1 Å². The molecule has 0 radical (unpaired) electrons. The van der Waals surface area contributed by atoms with Crippen molar-refractivity contribution >= 4 is 27.6 Å². The lowest BCUT2D eigenvalue weighted by atomic mass is 10.2. The van der Waals surface area contributed by atoms with E-state index in [-0.39, 0.29) is 5.69 Å². The van der Waals surface area contributed by atoms with Crippen molar-refractivity contribution in [1.29, 1.82) is 0 Å². The van der Waals surface area contributed by atoms with Gasteiger partial charge in [-0.25, -0.2) is 9.67 Å². The van der Waals surface area contributed by atoms with E-state index in [0.717, 1.165) is 33.3 Å². The third-order valence-corrected chi connectivity index (χ3v) is 5.63. The highest BCUT2D eigenvalue weighted by Gasteiger charge is 2.17. The zero-order valence-corrected chi connectivity index (χ0v) is 17.3. The summed E-state index contributed by atoms with van der Waals surface area (Å²) in [6.45, 7) is 0.460. The number of nitrogens with one attached hydrogen (secondary N) is 1. The molecule has 0 unspecified atom stereocenters. The van der Waals surface area contributed by atoms with Crippen LogP contribution >= 0.6 is 0 Å². The molecule has 3 aromatic heterocycles. The van der Waals surface area contributed by atoms with E-state index in [2.05, 4.69) is 25.9 Å². The van der Waals surface area contributed by atoms with Gasteiger partial charge in [-0.1, -0.05) is 47.7 Å². The number of nitrogens with zero attached hydrogens (tertiary/aromatic N) is 6. The Balaban J connectivity index is 1.40. The number of aromatic nitrogens is 6. The summed E-state index contributed by atoms with van der Waals surface area (Å²) >= 11 is 0. The second-order valence-electron chi connectivity index (χ2n) is 7.69. The molecule has 0 saturated carbocycles. The van der Waals surface area contributed by atoms with E-state index in [4.69, 9.17) is 4.98 Å². The van der Waals surface area contributed by atoms with Gasteiger partial charge in [0, 0.05) is 28.7 Å². The minimum atomic E-state index is -0.421. The molecule has 9 heteroatoms. The van der Waals surface area contributed by atoms with Gasteiger partial charge >= 0.3 is 0 Å². The number of nitro benzene ring substituents is 1. The molecular weight excluding hydrogens is 418 g/mol. The van der Waals surface area contributed by atoms with Crippen molar-refractivity contribution in [3.8, 4) is 17.1 Å². The lowest BCUT2D eigenvalue weighted by molar-refractivity contribution is -0.384. The standard InChI is InChI=1S/C24H17N7O2/c32-31(33)23-12-6-5-11-22(23)30-14-16(27-28-30)13-29-15-18(17-7-1-4-10-21(17)29)24-25-19-8-2-3-9-20(19)26-24/h1-12,14-15H,13H2,(H,25,26). The normalized spacial score (nSPS) is 11.4. The molecule has 3 aromatic carbocycles. The third kappa shape index (κ3) is 3.23. The number of para-hydroxylation sites is 5. The molecule has 0 spiro atoms. The van der Waals surface area contributed by atoms with Gasteiger partial charge in [0.1, 0.15) is 17.2 Å². The van der Waals surface area contributed by atoms with Crippen LogP contribution in [0.15, 0.2) is 85.2 Å². The first-order valence-corrected chi connectivity index (χ1v) is 10.4. The average Bonchev–Trinajstić information content (AvgIpc) is 3.56. The number of fused-ring (bicyclic) bond motifs is 2. The lowest BCUT2D eigenvalue weighted by Gasteiger charge is -2.02. The molecule has 0 aliphatic rings. The fourth-order valence-corrected chi connectivity index (χ4v) is 4.12. The molecule has 6 aromatic rings. The van der Waals surface area contributed by atoms with E-state index >= 15 is 0 Å². The van der Waals surface area contributed by atoms with E-state index in [1.807, 2.05) is 48.7 Å². The second-order valence-corrected chi connectivity index (χ2v) is 7.69. The number of rotatable bonds is 5. The molecule has 9 nitrogen and oxygen atoms in total. The van der Waals surface area contributed by atoms with Crippen molar-refractivity contribution in [2.24, 2.45) is 0 Å². The van der Waals surface area contributed by atoms with Crippen LogP contribution in [0.3, 0.4) is 0 Å². The van der Waals surface area contributed by atoms with Crippen LogP contribution in [0.5, 0.6) is 0 Å². The van der Waals surface area contributed by atoms with Crippen LogP contribution in [-0.4, -0.2) is 34.5 Å². The maximum atomic E-state index is 11.4. The number of benzene rings is 3. The van der Waals surface area contributed by atoms with Gasteiger partial charge in [0.15, 0.2) is 0 Å². The molecule has 0 aliphatic carbocycles. The Morgan fingerprint density at radius 2 is 1.73 bits per heavy atom. The van der Waals surface area contributed by atoms with Gasteiger partial charge in [0.2, 0.25) is 0 Å². The van der Waals surface area contributed by atoms with E-state index in [9.17, 15) is 10.1 Å². The van der Waals surface area contributed by atoms with E-state index < -0.39 is 4.92 Å². The SMILES string of the molecule is O=[N+]([O-])c1ccccc1-n1cc(Cn2cc(-c3nc4ccccc4[nH]3)c3ccccc32)nn1. The van der Waals surface area contributed by atoms with E-state index in [1.165, 1.54) is 10.7 Å². The van der Waals surface area contributed by atoms with Gasteiger partial charge in [-0.2, -0.15) is 0 Å². The second kappa shape index (κ2) is 7.41. The highest BCUT2D eigenvalue weighted by Crippen LogP contribution is 2.31. The summed E-state index contributed by atoms with van der Waals surface area (Å²) in [4.78, 5) is 19.1. The van der Waals surface area contributed by atoms with Gasteiger partial charge in [0.05, 0.1) is 28.7 Å². The molecule has 0 saturated heterocycles. The van der Waals surface area contributed by atoms with Gasteiger partial charge in [0.25, 0.3) is 5.69 Å². The minimum Gasteiger partial charge on any atom is -0.341 e. The third-order valence-electron chi connectivity index (χ3n) is 5.63. The highest BCUT2D eigenvalue weighted by atomic mass is 16.6. The molecule has 0 bridgehead atoms. The fourth-order valence-electron chi connectivity index (χ4n) is 4.12. The van der Waals surface area contributed by atoms with Gasteiger partial charge in [-0.05, 0) is 24.3 Å². The van der Waals surface area contributed by atoms with E-state index in [1.54, 1.807) is 24.4 Å². The molecule has 33 heavy (non-hydrogen) atoms. The molecule has 1 N–H and O–H groups in total. The van der Waals surface area contributed by atoms with Crippen molar-refractivity contribution in [2.75, 3.05) is 0 Å². The Bertz CT molecular complexity index is 1610. The topological polar surface area (TPSA) is 107 Å². The van der Waals surface area contributed by atoms with Gasteiger partial charge in [-0.3, -0.25) is 10.1 Å². The summed E-state index contributed by atoms with van der Waals surface area (Å²) in [5.74, 6) is 0.801. The molecule has 0 atom stereocenters. The summed E-state index contributed by atoms with van der Waals surface area (Å²) in [6, 6.07) is 22.5.